The Morgan fingerprint density at radius 2 is 2.25 bits per heavy atom. The molecule has 1 atom stereocenters. The molecule has 90 valence electrons. The standard InChI is InChI=1S/C11H18N2O2S/c1-7(2)8(3)5-12-11-13-6-9(16-11)10(14)15-4/h6-8H,5H2,1-4H3,(H,12,13). The van der Waals surface area contributed by atoms with Crippen LogP contribution < -0.4 is 5.32 Å². The molecule has 0 aliphatic carbocycles. The molecular formula is C11H18N2O2S. The number of esters is 1. The van der Waals surface area contributed by atoms with Crippen molar-refractivity contribution >= 4 is 22.4 Å². The number of thiazole rings is 1. The van der Waals surface area contributed by atoms with E-state index in [0.29, 0.717) is 16.7 Å². The molecule has 0 fully saturated rings. The van der Waals surface area contributed by atoms with E-state index in [0.717, 1.165) is 11.7 Å². The van der Waals surface area contributed by atoms with E-state index in [1.165, 1.54) is 18.4 Å². The molecule has 0 aliphatic heterocycles. The first-order valence-electron chi connectivity index (χ1n) is 5.32. The lowest BCUT2D eigenvalue weighted by atomic mass is 9.98. The van der Waals surface area contributed by atoms with Gasteiger partial charge in [-0.25, -0.2) is 9.78 Å². The summed E-state index contributed by atoms with van der Waals surface area (Å²) in [6.45, 7) is 7.43. The second-order valence-corrected chi connectivity index (χ2v) is 5.15. The Bertz CT molecular complexity index is 350. The summed E-state index contributed by atoms with van der Waals surface area (Å²) in [6.07, 6.45) is 1.54. The van der Waals surface area contributed by atoms with Gasteiger partial charge in [-0.3, -0.25) is 0 Å². The SMILES string of the molecule is COC(=O)c1cnc(NCC(C)C(C)C)s1. The van der Waals surface area contributed by atoms with Crippen molar-refractivity contribution in [1.29, 1.82) is 0 Å². The minimum Gasteiger partial charge on any atom is -0.465 e. The predicted octanol–water partition coefficient (Wildman–Crippen LogP) is 2.63. The summed E-state index contributed by atoms with van der Waals surface area (Å²) in [5.74, 6) is 0.875. The first kappa shape index (κ1) is 13.0. The number of nitrogens with one attached hydrogen (secondary N) is 1. The minimum absolute atomic E-state index is 0.331. The first-order valence-corrected chi connectivity index (χ1v) is 6.14. The maximum Gasteiger partial charge on any atom is 0.349 e. The van der Waals surface area contributed by atoms with Gasteiger partial charge in [-0.15, -0.1) is 0 Å². The van der Waals surface area contributed by atoms with Crippen LogP contribution in [0.25, 0.3) is 0 Å². The number of nitrogens with zero attached hydrogens (tertiary/aromatic N) is 1. The van der Waals surface area contributed by atoms with Gasteiger partial charge in [-0.05, 0) is 11.8 Å². The molecule has 1 unspecified atom stereocenters. The summed E-state index contributed by atoms with van der Waals surface area (Å²) in [5.41, 5.74) is 0. The lowest BCUT2D eigenvalue weighted by Gasteiger charge is -2.15. The van der Waals surface area contributed by atoms with Crippen LogP contribution in [0.2, 0.25) is 0 Å². The van der Waals surface area contributed by atoms with Crippen LogP contribution in [0.5, 0.6) is 0 Å². The van der Waals surface area contributed by atoms with Crippen molar-refractivity contribution in [3.05, 3.63) is 11.1 Å². The molecule has 0 amide bonds. The van der Waals surface area contributed by atoms with Crippen LogP contribution in [0.1, 0.15) is 30.4 Å². The van der Waals surface area contributed by atoms with E-state index in [1.54, 1.807) is 6.20 Å². The summed E-state index contributed by atoms with van der Waals surface area (Å²) in [7, 11) is 1.37. The molecule has 0 spiro atoms. The summed E-state index contributed by atoms with van der Waals surface area (Å²) in [5, 5.41) is 4.00. The Morgan fingerprint density at radius 1 is 1.56 bits per heavy atom. The Kier molecular flexibility index (Phi) is 4.73. The van der Waals surface area contributed by atoms with E-state index in [4.69, 9.17) is 0 Å². The Hall–Kier alpha value is -1.10. The summed E-state index contributed by atoms with van der Waals surface area (Å²) >= 11 is 1.32. The summed E-state index contributed by atoms with van der Waals surface area (Å²) in [4.78, 5) is 15.8. The van der Waals surface area contributed by atoms with Gasteiger partial charge in [0.15, 0.2) is 5.13 Å². The number of methoxy groups -OCH3 is 1. The molecule has 0 saturated carbocycles. The van der Waals surface area contributed by atoms with Crippen molar-refractivity contribution in [1.82, 2.24) is 4.98 Å². The van der Waals surface area contributed by atoms with Gasteiger partial charge in [-0.2, -0.15) is 0 Å². The van der Waals surface area contributed by atoms with Crippen molar-refractivity contribution in [2.24, 2.45) is 11.8 Å². The van der Waals surface area contributed by atoms with E-state index >= 15 is 0 Å². The van der Waals surface area contributed by atoms with Crippen LogP contribution in [0.15, 0.2) is 6.20 Å². The highest BCUT2D eigenvalue weighted by Gasteiger charge is 2.11. The van der Waals surface area contributed by atoms with E-state index in [1.807, 2.05) is 0 Å². The van der Waals surface area contributed by atoms with Crippen LogP contribution >= 0.6 is 11.3 Å². The van der Waals surface area contributed by atoms with E-state index in [-0.39, 0.29) is 5.97 Å². The second-order valence-electron chi connectivity index (χ2n) is 4.12. The monoisotopic (exact) mass is 242 g/mol. The third kappa shape index (κ3) is 3.48. The third-order valence-electron chi connectivity index (χ3n) is 2.61. The van der Waals surface area contributed by atoms with Crippen molar-refractivity contribution in [2.45, 2.75) is 20.8 Å². The lowest BCUT2D eigenvalue weighted by Crippen LogP contribution is -2.15. The van der Waals surface area contributed by atoms with Gasteiger partial charge in [0.05, 0.1) is 13.3 Å². The molecule has 4 nitrogen and oxygen atoms in total. The van der Waals surface area contributed by atoms with Gasteiger partial charge in [0.25, 0.3) is 0 Å². The topological polar surface area (TPSA) is 51.2 Å². The molecule has 0 radical (unpaired) electrons. The van der Waals surface area contributed by atoms with E-state index in [2.05, 4.69) is 35.8 Å². The summed E-state index contributed by atoms with van der Waals surface area (Å²) in [6, 6.07) is 0. The van der Waals surface area contributed by atoms with Gasteiger partial charge < -0.3 is 10.1 Å². The Balaban J connectivity index is 2.49. The van der Waals surface area contributed by atoms with Crippen molar-refractivity contribution in [3.63, 3.8) is 0 Å². The number of anilines is 1. The fourth-order valence-electron chi connectivity index (χ4n) is 1.03. The smallest absolute Gasteiger partial charge is 0.349 e. The molecule has 0 saturated heterocycles. The van der Waals surface area contributed by atoms with Crippen LogP contribution in [0.4, 0.5) is 5.13 Å². The summed E-state index contributed by atoms with van der Waals surface area (Å²) < 4.78 is 4.62. The van der Waals surface area contributed by atoms with Gasteiger partial charge >= 0.3 is 5.97 Å². The zero-order chi connectivity index (χ0) is 12.1. The fraction of sp³-hybridized carbons (Fsp3) is 0.636. The maximum absolute atomic E-state index is 11.2. The second kappa shape index (κ2) is 5.84. The third-order valence-corrected chi connectivity index (χ3v) is 3.54. The average molecular weight is 242 g/mol. The number of hydrogen-bond donors (Lipinski definition) is 1. The molecule has 5 heteroatoms. The predicted molar refractivity (Wildman–Crippen MR) is 65.9 cm³/mol. The van der Waals surface area contributed by atoms with Crippen LogP contribution in [-0.4, -0.2) is 24.6 Å². The van der Waals surface area contributed by atoms with Gasteiger partial charge in [0, 0.05) is 6.54 Å². The first-order chi connectivity index (χ1) is 7.54. The molecule has 1 aromatic heterocycles. The zero-order valence-corrected chi connectivity index (χ0v) is 10.9. The molecule has 0 aliphatic rings. The maximum atomic E-state index is 11.2. The fourth-order valence-corrected chi connectivity index (χ4v) is 1.78. The van der Waals surface area contributed by atoms with Crippen molar-refractivity contribution in [2.75, 3.05) is 19.0 Å². The van der Waals surface area contributed by atoms with E-state index < -0.39 is 0 Å². The van der Waals surface area contributed by atoms with Gasteiger partial charge in [-0.1, -0.05) is 32.1 Å². The normalized spacial score (nSPS) is 12.6. The lowest BCUT2D eigenvalue weighted by molar-refractivity contribution is 0.0606. The highest BCUT2D eigenvalue weighted by Crippen LogP contribution is 2.20. The van der Waals surface area contributed by atoms with E-state index in [9.17, 15) is 4.79 Å². The molecule has 1 N–H and O–H groups in total. The minimum atomic E-state index is -0.331. The number of ether oxygens (including phenoxy) is 1. The number of carbonyl (C=O) groups is 1. The van der Waals surface area contributed by atoms with Crippen molar-refractivity contribution < 1.29 is 9.53 Å². The van der Waals surface area contributed by atoms with Gasteiger partial charge in [0.1, 0.15) is 4.88 Å². The van der Waals surface area contributed by atoms with Crippen molar-refractivity contribution in [3.8, 4) is 0 Å². The van der Waals surface area contributed by atoms with Crippen LogP contribution in [-0.2, 0) is 4.74 Å². The number of hydrogen-bond acceptors (Lipinski definition) is 5. The average Bonchev–Trinajstić information content (AvgIpc) is 2.73. The Morgan fingerprint density at radius 3 is 2.81 bits per heavy atom. The largest absolute Gasteiger partial charge is 0.465 e. The quantitative estimate of drug-likeness (QED) is 0.806. The zero-order valence-electron chi connectivity index (χ0n) is 10.1. The highest BCUT2D eigenvalue weighted by molar-refractivity contribution is 7.17. The Labute approximate surface area is 100 Å². The molecule has 1 heterocycles. The van der Waals surface area contributed by atoms with Gasteiger partial charge in [0.2, 0.25) is 0 Å². The number of rotatable bonds is 5. The molecule has 16 heavy (non-hydrogen) atoms. The van der Waals surface area contributed by atoms with Crippen LogP contribution in [0, 0.1) is 11.8 Å². The molecule has 0 aromatic carbocycles. The molecular weight excluding hydrogens is 224 g/mol. The molecule has 0 bridgehead atoms. The highest BCUT2D eigenvalue weighted by atomic mass is 32.1. The van der Waals surface area contributed by atoms with Crippen LogP contribution in [0.3, 0.4) is 0 Å². The molecule has 1 aromatic rings. The number of aromatic nitrogens is 1. The number of carbonyl (C=O) groups excluding carboxylic acids is 1. The molecule has 1 rings (SSSR count).